The third-order valence-electron chi connectivity index (χ3n) is 4.12. The van der Waals surface area contributed by atoms with E-state index in [1.165, 1.54) is 31.7 Å². The molecule has 0 aliphatic heterocycles. The first kappa shape index (κ1) is 16.4. The van der Waals surface area contributed by atoms with Gasteiger partial charge in [0.15, 0.2) is 0 Å². The molecule has 0 aliphatic carbocycles. The van der Waals surface area contributed by atoms with Crippen molar-refractivity contribution in [2.45, 2.75) is 89.9 Å². The fourth-order valence-electron chi connectivity index (χ4n) is 2.20. The Morgan fingerprint density at radius 2 is 1.12 bits per heavy atom. The number of hydrogen-bond donors (Lipinski definition) is 0. The lowest BCUT2D eigenvalue weighted by Gasteiger charge is -2.25. The Morgan fingerprint density at radius 3 is 1.62 bits per heavy atom. The summed E-state index contributed by atoms with van der Waals surface area (Å²) in [6, 6.07) is 6.17. The molecule has 16 heavy (non-hydrogen) atoms. The van der Waals surface area contributed by atoms with Crippen LogP contribution in [0.5, 0.6) is 0 Å². The Balaban J connectivity index is 3.73. The van der Waals surface area contributed by atoms with Crippen LogP contribution >= 0.6 is 0 Å². The normalized spacial score (nSPS) is 13.1. The number of rotatable bonds is 9. The van der Waals surface area contributed by atoms with E-state index >= 15 is 0 Å². The third-order valence-corrected chi connectivity index (χ3v) is 11.2. The van der Waals surface area contributed by atoms with Crippen molar-refractivity contribution in [2.75, 3.05) is 0 Å². The van der Waals surface area contributed by atoms with Gasteiger partial charge in [0.05, 0.1) is 0 Å². The second-order valence-corrected chi connectivity index (χ2v) is 17.9. The maximum Gasteiger partial charge on any atom is 0.0473 e. The minimum atomic E-state index is -0.831. The Bertz CT molecular complexity index is 174. The molecule has 0 rings (SSSR count). The first-order chi connectivity index (χ1) is 7.33. The van der Waals surface area contributed by atoms with Gasteiger partial charge >= 0.3 is 0 Å². The zero-order valence-electron chi connectivity index (χ0n) is 12.7. The van der Waals surface area contributed by atoms with Gasteiger partial charge in [0.25, 0.3) is 0 Å². The molecule has 0 aromatic rings. The highest BCUT2D eigenvalue weighted by Crippen LogP contribution is 2.25. The first-order valence-corrected chi connectivity index (χ1v) is 14.2. The van der Waals surface area contributed by atoms with Crippen molar-refractivity contribution >= 4 is 16.1 Å². The summed E-state index contributed by atoms with van der Waals surface area (Å²) in [6.45, 7) is 15.0. The van der Waals surface area contributed by atoms with E-state index in [9.17, 15) is 0 Å². The lowest BCUT2D eigenvalue weighted by Crippen LogP contribution is -2.28. The predicted molar refractivity (Wildman–Crippen MR) is 84.0 cm³/mol. The van der Waals surface area contributed by atoms with Crippen LogP contribution in [0.4, 0.5) is 0 Å². The van der Waals surface area contributed by atoms with Crippen LogP contribution in [0.2, 0.25) is 50.4 Å². The molecule has 0 saturated heterocycles. The average Bonchev–Trinajstić information content (AvgIpc) is 2.17. The van der Waals surface area contributed by atoms with E-state index in [-0.39, 0.29) is 0 Å². The lowest BCUT2D eigenvalue weighted by atomic mass is 10.3. The fourth-order valence-corrected chi connectivity index (χ4v) is 6.63. The van der Waals surface area contributed by atoms with E-state index in [0.29, 0.717) is 0 Å². The van der Waals surface area contributed by atoms with E-state index in [2.05, 4.69) is 40.0 Å². The lowest BCUT2D eigenvalue weighted by molar-refractivity contribution is 0.759. The second kappa shape index (κ2) is 7.70. The van der Waals surface area contributed by atoms with Gasteiger partial charge in [-0.05, 0) is 0 Å². The fraction of sp³-hybridized carbons (Fsp3) is 1.00. The van der Waals surface area contributed by atoms with Crippen molar-refractivity contribution in [1.29, 1.82) is 0 Å². The third kappa shape index (κ3) is 8.57. The molecule has 0 amide bonds. The Morgan fingerprint density at radius 1 is 0.625 bits per heavy atom. The minimum Gasteiger partial charge on any atom is -0.0694 e. The van der Waals surface area contributed by atoms with Gasteiger partial charge in [-0.2, -0.15) is 0 Å². The molecule has 0 spiro atoms. The van der Waals surface area contributed by atoms with Crippen LogP contribution in [0.15, 0.2) is 0 Å². The summed E-state index contributed by atoms with van der Waals surface area (Å²) >= 11 is 0. The number of hydrogen-bond acceptors (Lipinski definition) is 0. The van der Waals surface area contributed by atoms with Gasteiger partial charge in [-0.3, -0.25) is 0 Å². The molecule has 0 saturated carbocycles. The molecule has 0 aromatic heterocycles. The molecule has 0 aliphatic rings. The molecule has 98 valence electrons. The zero-order chi connectivity index (χ0) is 12.7. The van der Waals surface area contributed by atoms with Crippen LogP contribution in [0.25, 0.3) is 0 Å². The molecule has 0 radical (unpaired) electrons. The highest BCUT2D eigenvalue weighted by Gasteiger charge is 2.22. The summed E-state index contributed by atoms with van der Waals surface area (Å²) < 4.78 is 0. The van der Waals surface area contributed by atoms with Crippen molar-refractivity contribution in [3.8, 4) is 0 Å². The van der Waals surface area contributed by atoms with Crippen molar-refractivity contribution in [3.05, 3.63) is 0 Å². The van der Waals surface area contributed by atoms with Gasteiger partial charge < -0.3 is 0 Å². The predicted octanol–water partition coefficient (Wildman–Crippen LogP) is 6.00. The van der Waals surface area contributed by atoms with E-state index in [0.717, 1.165) is 0 Å². The smallest absolute Gasteiger partial charge is 0.0473 e. The Labute approximate surface area is 106 Å². The quantitative estimate of drug-likeness (QED) is 0.351. The summed E-state index contributed by atoms with van der Waals surface area (Å²) in [6.07, 6.45) is 5.84. The molecule has 0 fully saturated rings. The molecule has 0 N–H and O–H groups in total. The van der Waals surface area contributed by atoms with Gasteiger partial charge in [0.2, 0.25) is 0 Å². The molecule has 0 heterocycles. The van der Waals surface area contributed by atoms with Crippen LogP contribution in [0.1, 0.15) is 39.5 Å². The first-order valence-electron chi connectivity index (χ1n) is 7.33. The second-order valence-electron chi connectivity index (χ2n) is 6.99. The Kier molecular flexibility index (Phi) is 7.91. The summed E-state index contributed by atoms with van der Waals surface area (Å²) in [4.78, 5) is 0. The van der Waals surface area contributed by atoms with Gasteiger partial charge in [-0.1, -0.05) is 89.9 Å². The maximum absolute atomic E-state index is 2.60. The highest BCUT2D eigenvalue weighted by molar-refractivity contribution is 6.78. The number of unbranched alkanes of at least 4 members (excludes halogenated alkanes) is 2. The maximum atomic E-state index is 2.60. The van der Waals surface area contributed by atoms with Crippen molar-refractivity contribution in [2.24, 2.45) is 0 Å². The van der Waals surface area contributed by atoms with Gasteiger partial charge in [-0.15, -0.1) is 0 Å². The molecule has 0 nitrogen and oxygen atoms in total. The largest absolute Gasteiger partial charge is 0.0694 e. The summed E-state index contributed by atoms with van der Waals surface area (Å²) in [5.41, 5.74) is 0. The van der Waals surface area contributed by atoms with Crippen LogP contribution in [0.3, 0.4) is 0 Å². The minimum absolute atomic E-state index is 0.793. The van der Waals surface area contributed by atoms with Crippen LogP contribution in [0, 0.1) is 0 Å². The monoisotopic (exact) mass is 258 g/mol. The van der Waals surface area contributed by atoms with Gasteiger partial charge in [-0.25, -0.2) is 0 Å². The summed E-state index contributed by atoms with van der Waals surface area (Å²) in [5.74, 6) is 0. The zero-order valence-corrected chi connectivity index (χ0v) is 14.7. The van der Waals surface area contributed by atoms with Crippen LogP contribution < -0.4 is 0 Å². The van der Waals surface area contributed by atoms with E-state index in [4.69, 9.17) is 0 Å². The van der Waals surface area contributed by atoms with Crippen molar-refractivity contribution in [3.63, 3.8) is 0 Å². The van der Waals surface area contributed by atoms with Crippen LogP contribution in [-0.4, -0.2) is 16.1 Å². The summed E-state index contributed by atoms with van der Waals surface area (Å²) in [7, 11) is -1.62. The summed E-state index contributed by atoms with van der Waals surface area (Å²) in [5, 5.41) is 0. The topological polar surface area (TPSA) is 0 Å². The Hall–Kier alpha value is 0.434. The molecule has 0 bridgehead atoms. The molecule has 0 aromatic carbocycles. The van der Waals surface area contributed by atoms with Gasteiger partial charge in [0.1, 0.15) is 0 Å². The highest BCUT2D eigenvalue weighted by atomic mass is 28.3. The molecule has 0 atom stereocenters. The standard InChI is InChI=1S/C14H34Si2/c1-7-9-10-12-16(5,6)14-11-13-15(3,4)8-2/h7-14H2,1-6H3. The van der Waals surface area contributed by atoms with Crippen molar-refractivity contribution < 1.29 is 0 Å². The molecule has 0 unspecified atom stereocenters. The van der Waals surface area contributed by atoms with Crippen LogP contribution in [-0.2, 0) is 0 Å². The van der Waals surface area contributed by atoms with Crippen molar-refractivity contribution in [1.82, 2.24) is 0 Å². The average molecular weight is 259 g/mol. The molecular weight excluding hydrogens is 224 g/mol. The molecule has 2 heteroatoms. The molecular formula is C14H34Si2. The van der Waals surface area contributed by atoms with E-state index < -0.39 is 16.1 Å². The van der Waals surface area contributed by atoms with Gasteiger partial charge in [0, 0.05) is 16.1 Å². The van der Waals surface area contributed by atoms with E-state index in [1.54, 1.807) is 18.1 Å². The SMILES string of the molecule is CCCCC[Si](C)(C)CCC[Si](C)(C)CC. The van der Waals surface area contributed by atoms with E-state index in [1.807, 2.05) is 0 Å².